The van der Waals surface area contributed by atoms with Crippen molar-refractivity contribution in [2.45, 2.75) is 32.7 Å². The molecule has 0 aliphatic carbocycles. The first-order valence-electron chi connectivity index (χ1n) is 8.64. The number of fused-ring (bicyclic) bond motifs is 1. The topological polar surface area (TPSA) is 136 Å². The summed E-state index contributed by atoms with van der Waals surface area (Å²) in [5.74, 6) is 0. The normalized spacial score (nSPS) is 11.9. The van der Waals surface area contributed by atoms with Crippen LogP contribution in [-0.2, 0) is 21.1 Å². The van der Waals surface area contributed by atoms with Crippen LogP contribution in [0.2, 0.25) is 0 Å². The minimum atomic E-state index is -4.44. The molecule has 0 spiro atoms. The van der Waals surface area contributed by atoms with E-state index in [0.29, 0.717) is 30.3 Å². The van der Waals surface area contributed by atoms with Crippen LogP contribution in [0.15, 0.2) is 40.4 Å². The highest BCUT2D eigenvalue weighted by Gasteiger charge is 2.11. The summed E-state index contributed by atoms with van der Waals surface area (Å²) in [6, 6.07) is 3.63. The zero-order chi connectivity index (χ0) is 20.3. The maximum Gasteiger partial charge on any atom is 0.397 e. The van der Waals surface area contributed by atoms with E-state index in [-0.39, 0.29) is 13.2 Å². The van der Waals surface area contributed by atoms with E-state index < -0.39 is 21.5 Å². The molecule has 28 heavy (non-hydrogen) atoms. The molecule has 0 amide bonds. The van der Waals surface area contributed by atoms with Gasteiger partial charge in [-0.05, 0) is 43.9 Å². The van der Waals surface area contributed by atoms with Crippen molar-refractivity contribution in [3.63, 3.8) is 0 Å². The fourth-order valence-electron chi connectivity index (χ4n) is 3.03. The molecule has 3 rings (SSSR count). The van der Waals surface area contributed by atoms with E-state index in [9.17, 15) is 18.0 Å². The fourth-order valence-corrected chi connectivity index (χ4v) is 3.36. The summed E-state index contributed by atoms with van der Waals surface area (Å²) in [6.07, 6.45) is 6.56. The second kappa shape index (κ2) is 8.09. The molecule has 0 atom stereocenters. The van der Waals surface area contributed by atoms with Crippen LogP contribution in [0.3, 0.4) is 0 Å². The van der Waals surface area contributed by atoms with Crippen molar-refractivity contribution in [1.82, 2.24) is 19.1 Å². The largest absolute Gasteiger partial charge is 0.397 e. The van der Waals surface area contributed by atoms with E-state index in [4.69, 9.17) is 4.55 Å². The number of H-pyrrole nitrogens is 1. The minimum absolute atomic E-state index is 0.145. The van der Waals surface area contributed by atoms with E-state index >= 15 is 0 Å². The third-order valence-corrected chi connectivity index (χ3v) is 4.80. The van der Waals surface area contributed by atoms with Gasteiger partial charge in [-0.2, -0.15) is 8.42 Å². The Hall–Kier alpha value is -2.76. The number of aromatic nitrogens is 4. The quantitative estimate of drug-likeness (QED) is 0.324. The van der Waals surface area contributed by atoms with E-state index in [0.717, 1.165) is 11.3 Å². The monoisotopic (exact) mass is 408 g/mol. The SMILES string of the molecule is Cc1cc2[nH]c(=O)c(=O)n(CCCCCOS(=O)(=O)O)c2cc1-n1ccnc1. The number of benzene rings is 1. The number of rotatable bonds is 8. The molecule has 2 aromatic heterocycles. The highest BCUT2D eigenvalue weighted by Crippen LogP contribution is 2.20. The molecule has 0 radical (unpaired) electrons. The molecule has 10 nitrogen and oxygen atoms in total. The van der Waals surface area contributed by atoms with Crippen LogP contribution in [0.25, 0.3) is 16.7 Å². The van der Waals surface area contributed by atoms with Crippen molar-refractivity contribution < 1.29 is 17.2 Å². The molecule has 2 heterocycles. The van der Waals surface area contributed by atoms with E-state index in [2.05, 4.69) is 14.2 Å². The Bertz CT molecular complexity index is 1190. The van der Waals surface area contributed by atoms with Crippen LogP contribution in [0.1, 0.15) is 24.8 Å². The van der Waals surface area contributed by atoms with Gasteiger partial charge in [-0.1, -0.05) is 0 Å². The first kappa shape index (κ1) is 20.0. The average Bonchev–Trinajstić information content (AvgIpc) is 3.14. The van der Waals surface area contributed by atoms with Gasteiger partial charge in [0, 0.05) is 18.9 Å². The van der Waals surface area contributed by atoms with Gasteiger partial charge < -0.3 is 14.1 Å². The number of unbranched alkanes of at least 4 members (excludes halogenated alkanes) is 2. The van der Waals surface area contributed by atoms with Crippen molar-refractivity contribution in [2.75, 3.05) is 6.61 Å². The molecule has 0 saturated carbocycles. The van der Waals surface area contributed by atoms with Gasteiger partial charge in [-0.25, -0.2) is 9.17 Å². The van der Waals surface area contributed by atoms with Gasteiger partial charge >= 0.3 is 21.5 Å². The van der Waals surface area contributed by atoms with Crippen LogP contribution in [0.5, 0.6) is 0 Å². The number of nitrogens with one attached hydrogen (secondary N) is 1. The molecule has 11 heteroatoms. The van der Waals surface area contributed by atoms with E-state index in [1.807, 2.05) is 23.6 Å². The number of aryl methyl sites for hydroxylation is 2. The second-order valence-electron chi connectivity index (χ2n) is 6.35. The third kappa shape index (κ3) is 4.55. The Morgan fingerprint density at radius 1 is 1.21 bits per heavy atom. The van der Waals surface area contributed by atoms with Gasteiger partial charge in [0.25, 0.3) is 0 Å². The number of hydrogen-bond donors (Lipinski definition) is 2. The molecular formula is C17H20N4O6S. The predicted octanol–water partition coefficient (Wildman–Crippen LogP) is 1.17. The Morgan fingerprint density at radius 2 is 2.00 bits per heavy atom. The molecule has 0 aliphatic heterocycles. The Morgan fingerprint density at radius 3 is 2.68 bits per heavy atom. The summed E-state index contributed by atoms with van der Waals surface area (Å²) in [7, 11) is -4.44. The molecule has 1 aromatic carbocycles. The van der Waals surface area contributed by atoms with Crippen molar-refractivity contribution in [3.8, 4) is 5.69 Å². The predicted molar refractivity (Wildman–Crippen MR) is 102 cm³/mol. The lowest BCUT2D eigenvalue weighted by Gasteiger charge is -2.13. The summed E-state index contributed by atoms with van der Waals surface area (Å²) in [4.78, 5) is 31.0. The van der Waals surface area contributed by atoms with Crippen LogP contribution < -0.4 is 11.1 Å². The average molecular weight is 408 g/mol. The Balaban J connectivity index is 1.86. The van der Waals surface area contributed by atoms with Gasteiger partial charge in [0.2, 0.25) is 0 Å². The summed E-state index contributed by atoms with van der Waals surface area (Å²) >= 11 is 0. The van der Waals surface area contributed by atoms with Crippen LogP contribution in [0, 0.1) is 6.92 Å². The van der Waals surface area contributed by atoms with Crippen molar-refractivity contribution in [1.29, 1.82) is 0 Å². The summed E-state index contributed by atoms with van der Waals surface area (Å²) in [6.45, 7) is 2.04. The number of nitrogens with zero attached hydrogens (tertiary/aromatic N) is 3. The summed E-state index contributed by atoms with van der Waals surface area (Å²) in [5, 5.41) is 0. The molecular weight excluding hydrogens is 388 g/mol. The molecule has 0 bridgehead atoms. The molecule has 0 unspecified atom stereocenters. The van der Waals surface area contributed by atoms with Gasteiger partial charge in [0.1, 0.15) is 0 Å². The smallest absolute Gasteiger partial charge is 0.316 e. The van der Waals surface area contributed by atoms with Crippen molar-refractivity contribution in [3.05, 3.63) is 57.1 Å². The van der Waals surface area contributed by atoms with Crippen molar-refractivity contribution >= 4 is 21.4 Å². The number of hydrogen-bond acceptors (Lipinski definition) is 6. The minimum Gasteiger partial charge on any atom is -0.316 e. The van der Waals surface area contributed by atoms with Crippen LogP contribution in [-0.4, -0.2) is 38.7 Å². The van der Waals surface area contributed by atoms with Crippen LogP contribution >= 0.6 is 0 Å². The maximum atomic E-state index is 12.4. The molecule has 0 fully saturated rings. The first-order chi connectivity index (χ1) is 13.3. The lowest BCUT2D eigenvalue weighted by molar-refractivity contribution is 0.261. The summed E-state index contributed by atoms with van der Waals surface area (Å²) < 4.78 is 37.0. The lowest BCUT2D eigenvalue weighted by Crippen LogP contribution is -2.36. The lowest BCUT2D eigenvalue weighted by atomic mass is 10.1. The number of imidazole rings is 1. The van der Waals surface area contributed by atoms with Gasteiger partial charge in [0.05, 0.1) is 29.7 Å². The van der Waals surface area contributed by atoms with Crippen molar-refractivity contribution in [2.24, 2.45) is 0 Å². The molecule has 0 saturated heterocycles. The van der Waals surface area contributed by atoms with Crippen LogP contribution in [0.4, 0.5) is 0 Å². The molecule has 0 aliphatic rings. The molecule has 150 valence electrons. The maximum absolute atomic E-state index is 12.4. The Labute approximate surface area is 160 Å². The Kier molecular flexibility index (Phi) is 5.77. The second-order valence-corrected chi connectivity index (χ2v) is 7.44. The fraction of sp³-hybridized carbons (Fsp3) is 0.353. The standard InChI is InChI=1S/C17H20N4O6S/c1-12-9-13-15(10-14(12)20-7-5-18-11-20)21(17(23)16(22)19-13)6-3-2-4-8-27-28(24,25)26/h5,7,9-11H,2-4,6,8H2,1H3,(H,19,22)(H,24,25,26). The zero-order valence-electron chi connectivity index (χ0n) is 15.2. The third-order valence-electron chi connectivity index (χ3n) is 4.33. The van der Waals surface area contributed by atoms with E-state index in [1.54, 1.807) is 18.7 Å². The number of aromatic amines is 1. The van der Waals surface area contributed by atoms with Gasteiger partial charge in [0.15, 0.2) is 0 Å². The molecule has 2 N–H and O–H groups in total. The zero-order valence-corrected chi connectivity index (χ0v) is 16.0. The summed E-state index contributed by atoms with van der Waals surface area (Å²) in [5.41, 5.74) is 1.55. The van der Waals surface area contributed by atoms with Gasteiger partial charge in [-0.3, -0.25) is 14.1 Å². The first-order valence-corrected chi connectivity index (χ1v) is 10.0. The van der Waals surface area contributed by atoms with E-state index in [1.165, 1.54) is 4.57 Å². The van der Waals surface area contributed by atoms with Gasteiger partial charge in [-0.15, -0.1) is 0 Å². The highest BCUT2D eigenvalue weighted by atomic mass is 32.3. The molecule has 3 aromatic rings. The highest BCUT2D eigenvalue weighted by molar-refractivity contribution is 7.80.